The van der Waals surface area contributed by atoms with Crippen molar-refractivity contribution >= 4 is 17.0 Å². The summed E-state index contributed by atoms with van der Waals surface area (Å²) in [6.07, 6.45) is 5.93. The number of benzene rings is 1. The monoisotopic (exact) mass is 370 g/mol. The van der Waals surface area contributed by atoms with Crippen molar-refractivity contribution in [3.8, 4) is 0 Å². The van der Waals surface area contributed by atoms with Crippen molar-refractivity contribution in [2.75, 3.05) is 19.7 Å². The Hall–Kier alpha value is -2.93. The molecule has 1 aromatic carbocycles. The minimum atomic E-state index is -0.195. The van der Waals surface area contributed by atoms with Crippen LogP contribution in [0.2, 0.25) is 0 Å². The summed E-state index contributed by atoms with van der Waals surface area (Å²) in [5.74, 6) is 0.555. The number of nitrogens with zero attached hydrogens (tertiary/aromatic N) is 3. The highest BCUT2D eigenvalue weighted by molar-refractivity contribution is 5.73. The van der Waals surface area contributed by atoms with Crippen molar-refractivity contribution in [1.82, 2.24) is 20.3 Å². The molecule has 2 aromatic rings. The Kier molecular flexibility index (Phi) is 8.25. The largest absolute Gasteiger partial charge is 0.476 e. The second kappa shape index (κ2) is 10.9. The molecule has 0 unspecified atom stereocenters. The predicted octanol–water partition coefficient (Wildman–Crippen LogP) is 2.96. The second-order valence-electron chi connectivity index (χ2n) is 5.81. The fourth-order valence-corrected chi connectivity index (χ4v) is 2.30. The normalized spacial score (nSPS) is 12.2. The Morgan fingerprint density at radius 1 is 1.30 bits per heavy atom. The second-order valence-corrected chi connectivity index (χ2v) is 5.81. The van der Waals surface area contributed by atoms with Crippen molar-refractivity contribution in [3.05, 3.63) is 60.4 Å². The summed E-state index contributed by atoms with van der Waals surface area (Å²) in [5.41, 5.74) is 2.76. The van der Waals surface area contributed by atoms with E-state index in [1.54, 1.807) is 17.7 Å². The fourth-order valence-electron chi connectivity index (χ4n) is 2.30. The van der Waals surface area contributed by atoms with Crippen LogP contribution in [0.25, 0.3) is 11.0 Å². The summed E-state index contributed by atoms with van der Waals surface area (Å²) in [6, 6.07) is 7.74. The van der Waals surface area contributed by atoms with E-state index in [4.69, 9.17) is 9.47 Å². The molecule has 2 rings (SSSR count). The maximum atomic E-state index is 11.3. The molecule has 0 amide bonds. The van der Waals surface area contributed by atoms with Gasteiger partial charge in [0.1, 0.15) is 5.52 Å². The number of para-hydroxylation sites is 1. The molecule has 1 aromatic heterocycles. The Bertz CT molecular complexity index is 823. The summed E-state index contributed by atoms with van der Waals surface area (Å²) >= 11 is 0. The Morgan fingerprint density at radius 2 is 2.11 bits per heavy atom. The quantitative estimate of drug-likeness (QED) is 0.284. The number of hydrogen-bond donors (Lipinski definition) is 1. The number of aromatic nitrogens is 3. The van der Waals surface area contributed by atoms with Crippen LogP contribution >= 0.6 is 0 Å². The number of fused-ring (bicyclic) bond motifs is 1. The van der Waals surface area contributed by atoms with E-state index in [1.165, 1.54) is 0 Å². The number of allylic oxidation sites excluding steroid dienone is 3. The average molecular weight is 370 g/mol. The number of esters is 1. The number of ether oxygens (including phenoxy) is 2. The van der Waals surface area contributed by atoms with Gasteiger partial charge in [0.2, 0.25) is 0 Å². The van der Waals surface area contributed by atoms with E-state index in [-0.39, 0.29) is 12.7 Å². The van der Waals surface area contributed by atoms with Gasteiger partial charge in [0.25, 0.3) is 0 Å². The molecular formula is C20H26N4O3. The molecule has 27 heavy (non-hydrogen) atoms. The van der Waals surface area contributed by atoms with Gasteiger partial charge in [-0.2, -0.15) is 0 Å². The van der Waals surface area contributed by atoms with Gasteiger partial charge in [0, 0.05) is 13.1 Å². The smallest absolute Gasteiger partial charge is 0.307 e. The Labute approximate surface area is 159 Å². The van der Waals surface area contributed by atoms with E-state index < -0.39 is 0 Å². The fraction of sp³-hybridized carbons (Fsp3) is 0.350. The third-order valence-electron chi connectivity index (χ3n) is 3.77. The molecule has 0 saturated heterocycles. The molecule has 0 atom stereocenters. The first-order chi connectivity index (χ1) is 13.1. The van der Waals surface area contributed by atoms with Crippen molar-refractivity contribution in [3.63, 3.8) is 0 Å². The number of hydrogen-bond acceptors (Lipinski definition) is 6. The molecule has 0 aliphatic heterocycles. The van der Waals surface area contributed by atoms with Crippen LogP contribution in [-0.2, 0) is 21.0 Å². The molecular weight excluding hydrogens is 344 g/mol. The minimum absolute atomic E-state index is 0.195. The molecule has 1 N–H and O–H groups in total. The maximum absolute atomic E-state index is 11.3. The van der Waals surface area contributed by atoms with Crippen LogP contribution in [0.15, 0.2) is 60.4 Å². The number of rotatable bonds is 11. The van der Waals surface area contributed by atoms with E-state index in [0.717, 1.165) is 22.4 Å². The number of carbonyl (C=O) groups excluding carboxylic acids is 1. The molecule has 0 radical (unpaired) electrons. The van der Waals surface area contributed by atoms with Crippen LogP contribution in [-0.4, -0.2) is 40.7 Å². The molecule has 0 bridgehead atoms. The molecule has 0 fully saturated rings. The molecule has 144 valence electrons. The van der Waals surface area contributed by atoms with Gasteiger partial charge in [-0.1, -0.05) is 36.1 Å². The van der Waals surface area contributed by atoms with Gasteiger partial charge in [-0.25, -0.2) is 4.68 Å². The number of nitrogens with one attached hydrogen (secondary N) is 1. The SMILES string of the molecule is C=C/C(=C\C=C(/C)OCn1nnc2ccccc21)CNCCC(=O)OCC. The Morgan fingerprint density at radius 3 is 2.89 bits per heavy atom. The van der Waals surface area contributed by atoms with Gasteiger partial charge < -0.3 is 14.8 Å². The van der Waals surface area contributed by atoms with Crippen molar-refractivity contribution in [2.45, 2.75) is 27.0 Å². The van der Waals surface area contributed by atoms with Gasteiger partial charge in [-0.05, 0) is 37.6 Å². The van der Waals surface area contributed by atoms with Crippen LogP contribution in [0.1, 0.15) is 20.3 Å². The van der Waals surface area contributed by atoms with E-state index >= 15 is 0 Å². The lowest BCUT2D eigenvalue weighted by molar-refractivity contribution is -0.142. The Balaban J connectivity index is 1.80. The molecule has 0 saturated carbocycles. The van der Waals surface area contributed by atoms with Crippen molar-refractivity contribution < 1.29 is 14.3 Å². The van der Waals surface area contributed by atoms with E-state index in [1.807, 2.05) is 43.3 Å². The zero-order valence-electron chi connectivity index (χ0n) is 15.9. The lowest BCUT2D eigenvalue weighted by Gasteiger charge is -2.07. The molecule has 0 aliphatic rings. The summed E-state index contributed by atoms with van der Waals surface area (Å²) < 4.78 is 12.3. The number of carbonyl (C=O) groups is 1. The third kappa shape index (κ3) is 6.71. The summed E-state index contributed by atoms with van der Waals surface area (Å²) in [4.78, 5) is 11.3. The molecule has 0 spiro atoms. The molecule has 7 nitrogen and oxygen atoms in total. The van der Waals surface area contributed by atoms with Crippen LogP contribution in [0, 0.1) is 0 Å². The van der Waals surface area contributed by atoms with Gasteiger partial charge in [0.15, 0.2) is 6.73 Å². The first-order valence-corrected chi connectivity index (χ1v) is 8.91. The standard InChI is InChI=1S/C20H26N4O3/c1-4-17(14-21-13-12-20(25)26-5-2)11-10-16(3)27-15-24-19-9-7-6-8-18(19)22-23-24/h4,6-11,21H,1,5,12-15H2,2-3H3/b16-10+,17-11+. The van der Waals surface area contributed by atoms with Gasteiger partial charge in [-0.15, -0.1) is 5.10 Å². The topological polar surface area (TPSA) is 78.3 Å². The lowest BCUT2D eigenvalue weighted by Crippen LogP contribution is -2.21. The maximum Gasteiger partial charge on any atom is 0.307 e. The molecule has 7 heteroatoms. The molecule has 1 heterocycles. The highest BCUT2D eigenvalue weighted by Gasteiger charge is 2.03. The van der Waals surface area contributed by atoms with E-state index in [2.05, 4.69) is 22.2 Å². The summed E-state index contributed by atoms with van der Waals surface area (Å²) in [7, 11) is 0. The predicted molar refractivity (Wildman–Crippen MR) is 105 cm³/mol. The lowest BCUT2D eigenvalue weighted by atomic mass is 10.2. The average Bonchev–Trinajstić information content (AvgIpc) is 3.09. The van der Waals surface area contributed by atoms with Crippen LogP contribution in [0.4, 0.5) is 0 Å². The van der Waals surface area contributed by atoms with Gasteiger partial charge >= 0.3 is 5.97 Å². The van der Waals surface area contributed by atoms with Crippen LogP contribution < -0.4 is 5.32 Å². The minimum Gasteiger partial charge on any atom is -0.476 e. The zero-order valence-corrected chi connectivity index (χ0v) is 15.9. The van der Waals surface area contributed by atoms with Gasteiger partial charge in [0.05, 0.1) is 24.3 Å². The summed E-state index contributed by atoms with van der Waals surface area (Å²) in [5, 5.41) is 11.4. The highest BCUT2D eigenvalue weighted by atomic mass is 16.5. The first kappa shape index (κ1) is 20.4. The van der Waals surface area contributed by atoms with Crippen LogP contribution in [0.3, 0.4) is 0 Å². The zero-order chi connectivity index (χ0) is 19.5. The third-order valence-corrected chi connectivity index (χ3v) is 3.77. The molecule has 0 aliphatic carbocycles. The van der Waals surface area contributed by atoms with Crippen LogP contribution in [0.5, 0.6) is 0 Å². The van der Waals surface area contributed by atoms with Gasteiger partial charge in [-0.3, -0.25) is 4.79 Å². The summed E-state index contributed by atoms with van der Waals surface area (Å²) in [6.45, 7) is 9.35. The van der Waals surface area contributed by atoms with E-state index in [0.29, 0.717) is 26.1 Å². The van der Waals surface area contributed by atoms with Crippen molar-refractivity contribution in [1.29, 1.82) is 0 Å². The first-order valence-electron chi connectivity index (χ1n) is 8.91. The van der Waals surface area contributed by atoms with E-state index in [9.17, 15) is 4.79 Å². The van der Waals surface area contributed by atoms with Crippen molar-refractivity contribution in [2.24, 2.45) is 0 Å². The highest BCUT2D eigenvalue weighted by Crippen LogP contribution is 2.10.